The van der Waals surface area contributed by atoms with Gasteiger partial charge < -0.3 is 5.11 Å². The predicted octanol–water partition coefficient (Wildman–Crippen LogP) is 11.5. The Morgan fingerprint density at radius 1 is 0.432 bits per heavy atom. The van der Waals surface area contributed by atoms with Gasteiger partial charge in [0.05, 0.1) is 0 Å². The van der Waals surface area contributed by atoms with Crippen LogP contribution in [0.15, 0.2) is 42.5 Å². The topological polar surface area (TPSA) is 20.2 Å². The highest BCUT2D eigenvalue weighted by atomic mass is 16.3. The number of rotatable bonds is 8. The van der Waals surface area contributed by atoms with E-state index < -0.39 is 0 Å². The molecule has 0 aliphatic carbocycles. The van der Waals surface area contributed by atoms with Crippen molar-refractivity contribution < 1.29 is 5.11 Å². The van der Waals surface area contributed by atoms with E-state index >= 15 is 0 Å². The van der Waals surface area contributed by atoms with Crippen LogP contribution in [0.1, 0.15) is 152 Å². The Bertz CT molecular complexity index is 1090. The molecular weight excluding hydrogens is 448 g/mol. The first-order valence-electron chi connectivity index (χ1n) is 14.4. The van der Waals surface area contributed by atoms with Crippen LogP contribution in [0.2, 0.25) is 0 Å². The third-order valence-electron chi connectivity index (χ3n) is 7.84. The molecular formula is C36H50O. The van der Waals surface area contributed by atoms with E-state index in [1.165, 1.54) is 44.5 Å². The summed E-state index contributed by atoms with van der Waals surface area (Å²) < 4.78 is 0. The summed E-state index contributed by atoms with van der Waals surface area (Å²) in [4.78, 5) is 0. The zero-order chi connectivity index (χ0) is 27.8. The molecule has 0 saturated carbocycles. The lowest BCUT2D eigenvalue weighted by atomic mass is 9.79. The van der Waals surface area contributed by atoms with Gasteiger partial charge in [0.25, 0.3) is 0 Å². The molecule has 0 unspecified atom stereocenters. The molecule has 1 N–H and O–H groups in total. The molecule has 3 aromatic carbocycles. The molecule has 0 radical (unpaired) electrons. The van der Waals surface area contributed by atoms with Gasteiger partial charge in [-0.3, -0.25) is 0 Å². The number of phenolic OH excluding ortho intramolecular Hbond substituents is 1. The average Bonchev–Trinajstić information content (AvgIpc) is 2.82. The molecule has 0 atom stereocenters. The van der Waals surface area contributed by atoms with Crippen LogP contribution in [0, 0.1) is 0 Å². The number of para-hydroxylation sites is 1. The number of aromatic hydroxyl groups is 1. The van der Waals surface area contributed by atoms with Crippen molar-refractivity contribution in [3.63, 3.8) is 0 Å². The molecule has 0 spiro atoms. The van der Waals surface area contributed by atoms with E-state index in [1.807, 2.05) is 0 Å². The summed E-state index contributed by atoms with van der Waals surface area (Å²) in [6.45, 7) is 27.2. The second-order valence-corrected chi connectivity index (χ2v) is 12.8. The van der Waals surface area contributed by atoms with Crippen LogP contribution in [0.25, 0.3) is 22.3 Å². The molecule has 0 saturated heterocycles. The molecule has 200 valence electrons. The third-order valence-corrected chi connectivity index (χ3v) is 7.84. The Kier molecular flexibility index (Phi) is 8.99. The zero-order valence-corrected chi connectivity index (χ0v) is 25.5. The van der Waals surface area contributed by atoms with Crippen LogP contribution in [0.3, 0.4) is 0 Å². The maximum atomic E-state index is 12.1. The van der Waals surface area contributed by atoms with E-state index in [0.29, 0.717) is 41.3 Å². The lowest BCUT2D eigenvalue weighted by molar-refractivity contribution is 0.479. The van der Waals surface area contributed by atoms with Gasteiger partial charge in [0.1, 0.15) is 5.75 Å². The highest BCUT2D eigenvalue weighted by molar-refractivity contribution is 5.87. The van der Waals surface area contributed by atoms with Crippen LogP contribution in [-0.4, -0.2) is 5.11 Å². The smallest absolute Gasteiger partial charge is 0.131 e. The van der Waals surface area contributed by atoms with Gasteiger partial charge in [-0.1, -0.05) is 126 Å². The second-order valence-electron chi connectivity index (χ2n) is 12.8. The number of hydrogen-bond acceptors (Lipinski definition) is 1. The third kappa shape index (κ3) is 5.82. The van der Waals surface area contributed by atoms with Gasteiger partial charge in [-0.15, -0.1) is 0 Å². The Balaban J connectivity index is 2.44. The van der Waals surface area contributed by atoms with Crippen molar-refractivity contribution in [2.75, 3.05) is 0 Å². The average molecular weight is 499 g/mol. The molecule has 0 heterocycles. The van der Waals surface area contributed by atoms with Crippen molar-refractivity contribution >= 4 is 0 Å². The minimum atomic E-state index is 0.358. The molecule has 3 rings (SSSR count). The van der Waals surface area contributed by atoms with Crippen LogP contribution < -0.4 is 0 Å². The normalized spacial score (nSPS) is 12.3. The maximum absolute atomic E-state index is 12.1. The first-order valence-corrected chi connectivity index (χ1v) is 14.4. The van der Waals surface area contributed by atoms with E-state index in [9.17, 15) is 5.11 Å². The van der Waals surface area contributed by atoms with Crippen LogP contribution in [0.5, 0.6) is 5.75 Å². The largest absolute Gasteiger partial charge is 0.507 e. The molecule has 0 aliphatic rings. The molecule has 1 heteroatoms. The van der Waals surface area contributed by atoms with Gasteiger partial charge in [-0.25, -0.2) is 0 Å². The molecule has 0 amide bonds. The summed E-state index contributed by atoms with van der Waals surface area (Å²) in [7, 11) is 0. The van der Waals surface area contributed by atoms with E-state index in [-0.39, 0.29) is 0 Å². The Morgan fingerprint density at radius 2 is 0.703 bits per heavy atom. The van der Waals surface area contributed by atoms with Crippen molar-refractivity contribution in [3.05, 3.63) is 75.8 Å². The van der Waals surface area contributed by atoms with Gasteiger partial charge in [-0.2, -0.15) is 0 Å². The minimum Gasteiger partial charge on any atom is -0.507 e. The molecule has 0 bridgehead atoms. The molecule has 37 heavy (non-hydrogen) atoms. The summed E-state index contributed by atoms with van der Waals surface area (Å²) in [6, 6.07) is 15.9. The van der Waals surface area contributed by atoms with Gasteiger partial charge in [-0.05, 0) is 80.0 Å². The van der Waals surface area contributed by atoms with E-state index in [4.69, 9.17) is 0 Å². The summed E-state index contributed by atoms with van der Waals surface area (Å²) >= 11 is 0. The van der Waals surface area contributed by atoms with Crippen molar-refractivity contribution in [2.45, 2.75) is 119 Å². The monoisotopic (exact) mass is 498 g/mol. The molecule has 0 fully saturated rings. The Morgan fingerprint density at radius 3 is 0.919 bits per heavy atom. The van der Waals surface area contributed by atoms with Gasteiger partial charge >= 0.3 is 0 Å². The first-order chi connectivity index (χ1) is 17.3. The molecule has 1 nitrogen and oxygen atoms in total. The van der Waals surface area contributed by atoms with Gasteiger partial charge in [0.15, 0.2) is 0 Å². The molecule has 0 aliphatic heterocycles. The van der Waals surface area contributed by atoms with Gasteiger partial charge in [0.2, 0.25) is 0 Å². The lowest BCUT2D eigenvalue weighted by Crippen LogP contribution is -2.05. The van der Waals surface area contributed by atoms with Crippen molar-refractivity contribution in [3.8, 4) is 28.0 Å². The highest BCUT2D eigenvalue weighted by Gasteiger charge is 2.25. The summed E-state index contributed by atoms with van der Waals surface area (Å²) in [5, 5.41) is 12.1. The second kappa shape index (κ2) is 11.5. The Labute approximate surface area is 227 Å². The van der Waals surface area contributed by atoms with Gasteiger partial charge in [0, 0.05) is 11.1 Å². The Hall–Kier alpha value is -2.54. The highest BCUT2D eigenvalue weighted by Crippen LogP contribution is 2.48. The van der Waals surface area contributed by atoms with Crippen molar-refractivity contribution in [1.82, 2.24) is 0 Å². The summed E-state index contributed by atoms with van der Waals surface area (Å²) in [5.41, 5.74) is 12.4. The summed E-state index contributed by atoms with van der Waals surface area (Å²) in [5.74, 6) is 2.77. The standard InChI is InChI=1S/C36H50O/c1-20(2)26-16-30(22(5)6)34(31(17-26)23(7)8)28-14-13-15-29(36(28)37)35-32(24(9)10)18-27(21(3)4)19-33(35)25(11)12/h13-25,37H,1-12H3. The lowest BCUT2D eigenvalue weighted by Gasteiger charge is -2.26. The van der Waals surface area contributed by atoms with Crippen molar-refractivity contribution in [2.24, 2.45) is 0 Å². The number of benzene rings is 3. The maximum Gasteiger partial charge on any atom is 0.131 e. The predicted molar refractivity (Wildman–Crippen MR) is 164 cm³/mol. The SMILES string of the molecule is CC(C)c1cc(C(C)C)c(-c2cccc(-c3c(C(C)C)cc(C(C)C)cc3C(C)C)c2O)c(C(C)C)c1. The van der Waals surface area contributed by atoms with E-state index in [2.05, 4.69) is 126 Å². The number of hydrogen-bond donors (Lipinski definition) is 1. The summed E-state index contributed by atoms with van der Waals surface area (Å²) in [6.07, 6.45) is 0. The van der Waals surface area contributed by atoms with Crippen LogP contribution in [-0.2, 0) is 0 Å². The first kappa shape index (κ1) is 29.0. The fraction of sp³-hybridized carbons (Fsp3) is 0.500. The fourth-order valence-corrected chi connectivity index (χ4v) is 5.48. The fourth-order valence-electron chi connectivity index (χ4n) is 5.48. The number of phenols is 1. The van der Waals surface area contributed by atoms with E-state index in [1.54, 1.807) is 0 Å². The van der Waals surface area contributed by atoms with Crippen molar-refractivity contribution in [1.29, 1.82) is 0 Å². The minimum absolute atomic E-state index is 0.358. The van der Waals surface area contributed by atoms with E-state index in [0.717, 1.165) is 11.1 Å². The molecule has 0 aromatic heterocycles. The zero-order valence-electron chi connectivity index (χ0n) is 25.5. The molecule has 3 aromatic rings. The van der Waals surface area contributed by atoms with Crippen LogP contribution >= 0.6 is 0 Å². The van der Waals surface area contributed by atoms with Crippen LogP contribution in [0.4, 0.5) is 0 Å². The quantitative estimate of drug-likeness (QED) is 0.327.